The van der Waals surface area contributed by atoms with Crippen LogP contribution in [0.2, 0.25) is 0 Å². The van der Waals surface area contributed by atoms with Crippen LogP contribution in [0.25, 0.3) is 11.5 Å². The van der Waals surface area contributed by atoms with E-state index in [1.54, 1.807) is 29.4 Å². The second kappa shape index (κ2) is 5.02. The van der Waals surface area contributed by atoms with Crippen molar-refractivity contribution in [3.63, 3.8) is 0 Å². The van der Waals surface area contributed by atoms with Crippen LogP contribution in [0.1, 0.15) is 24.7 Å². The monoisotopic (exact) mass is 305 g/mol. The first kappa shape index (κ1) is 12.1. The van der Waals surface area contributed by atoms with Gasteiger partial charge in [0.2, 0.25) is 0 Å². The van der Waals surface area contributed by atoms with Crippen molar-refractivity contribution < 1.29 is 4.52 Å². The lowest BCUT2D eigenvalue weighted by atomic mass is 10.3. The fourth-order valence-corrected chi connectivity index (χ4v) is 3.34. The molecule has 3 heterocycles. The molecule has 0 aliphatic heterocycles. The van der Waals surface area contributed by atoms with Crippen molar-refractivity contribution in [2.75, 3.05) is 0 Å². The number of nitrogens with zero attached hydrogens (tertiary/aromatic N) is 5. The highest BCUT2D eigenvalue weighted by Gasteiger charge is 2.26. The zero-order chi connectivity index (χ0) is 13.4. The van der Waals surface area contributed by atoms with Crippen LogP contribution in [0.5, 0.6) is 0 Å². The van der Waals surface area contributed by atoms with Crippen molar-refractivity contribution in [2.24, 2.45) is 0 Å². The summed E-state index contributed by atoms with van der Waals surface area (Å²) in [4.78, 5) is 4.39. The summed E-state index contributed by atoms with van der Waals surface area (Å²) in [5.74, 6) is 1.89. The van der Waals surface area contributed by atoms with Crippen molar-refractivity contribution in [3.05, 3.63) is 29.0 Å². The molecular weight excluding hydrogens is 294 g/mol. The third-order valence-electron chi connectivity index (χ3n) is 3.05. The summed E-state index contributed by atoms with van der Waals surface area (Å²) in [5.41, 5.74) is 0.972. The van der Waals surface area contributed by atoms with Gasteiger partial charge < -0.3 is 9.09 Å². The smallest absolute Gasteiger partial charge is 0.258 e. The highest BCUT2D eigenvalue weighted by molar-refractivity contribution is 7.98. The van der Waals surface area contributed by atoms with E-state index >= 15 is 0 Å². The van der Waals surface area contributed by atoms with Gasteiger partial charge >= 0.3 is 0 Å². The summed E-state index contributed by atoms with van der Waals surface area (Å²) in [7, 11) is 0. The van der Waals surface area contributed by atoms with Gasteiger partial charge in [-0.3, -0.25) is 0 Å². The lowest BCUT2D eigenvalue weighted by Gasteiger charge is -2.01. The molecule has 1 saturated carbocycles. The van der Waals surface area contributed by atoms with Gasteiger partial charge in [-0.05, 0) is 24.3 Å². The predicted molar refractivity (Wildman–Crippen MR) is 75.5 cm³/mol. The minimum absolute atomic E-state index is 0.575. The third kappa shape index (κ3) is 2.36. The molecule has 0 radical (unpaired) electrons. The van der Waals surface area contributed by atoms with E-state index in [1.807, 2.05) is 16.8 Å². The first-order valence-corrected chi connectivity index (χ1v) is 8.20. The molecule has 1 fully saturated rings. The topological polar surface area (TPSA) is 69.6 Å². The lowest BCUT2D eigenvalue weighted by Crippen LogP contribution is -1.95. The molecule has 0 aromatic carbocycles. The maximum absolute atomic E-state index is 5.26. The molecule has 0 saturated heterocycles. The Morgan fingerprint density at radius 1 is 1.45 bits per heavy atom. The van der Waals surface area contributed by atoms with Gasteiger partial charge in [-0.25, -0.2) is 0 Å². The number of hydrogen-bond acceptors (Lipinski definition) is 7. The highest BCUT2D eigenvalue weighted by atomic mass is 32.2. The average Bonchev–Trinajstić information content (AvgIpc) is 2.93. The Kier molecular flexibility index (Phi) is 3.04. The van der Waals surface area contributed by atoms with Crippen LogP contribution in [0.3, 0.4) is 0 Å². The lowest BCUT2D eigenvalue weighted by molar-refractivity contribution is 0.425. The summed E-state index contributed by atoms with van der Waals surface area (Å²) in [5, 5.41) is 17.0. The summed E-state index contributed by atoms with van der Waals surface area (Å²) >= 11 is 3.21. The Morgan fingerprint density at radius 3 is 3.20 bits per heavy atom. The first-order valence-electron chi connectivity index (χ1n) is 6.27. The zero-order valence-electron chi connectivity index (χ0n) is 10.5. The Morgan fingerprint density at radius 2 is 2.40 bits per heavy atom. The zero-order valence-corrected chi connectivity index (χ0v) is 12.1. The third-order valence-corrected chi connectivity index (χ3v) is 4.68. The van der Waals surface area contributed by atoms with E-state index in [9.17, 15) is 0 Å². The molecule has 0 unspecified atom stereocenters. The molecule has 3 aromatic rings. The molecule has 1 aliphatic carbocycles. The highest BCUT2D eigenvalue weighted by Crippen LogP contribution is 2.37. The summed E-state index contributed by atoms with van der Waals surface area (Å²) < 4.78 is 7.39. The SMILES string of the molecule is c1cc(-c2nc(CSc3nncn3C3CC3)no2)cs1. The van der Waals surface area contributed by atoms with Gasteiger partial charge in [-0.1, -0.05) is 16.9 Å². The van der Waals surface area contributed by atoms with Crippen LogP contribution in [-0.4, -0.2) is 24.9 Å². The molecule has 0 bridgehead atoms. The molecule has 102 valence electrons. The van der Waals surface area contributed by atoms with Crippen molar-refractivity contribution in [2.45, 2.75) is 29.8 Å². The minimum atomic E-state index is 0.575. The second-order valence-electron chi connectivity index (χ2n) is 4.57. The van der Waals surface area contributed by atoms with Gasteiger partial charge in [-0.15, -0.1) is 10.2 Å². The van der Waals surface area contributed by atoms with Gasteiger partial charge in [0.1, 0.15) is 6.33 Å². The Labute approximate surface area is 123 Å². The van der Waals surface area contributed by atoms with Crippen LogP contribution in [-0.2, 0) is 5.75 Å². The molecule has 0 N–H and O–H groups in total. The molecule has 3 aromatic heterocycles. The van der Waals surface area contributed by atoms with E-state index in [0.29, 0.717) is 23.5 Å². The van der Waals surface area contributed by atoms with E-state index in [4.69, 9.17) is 4.52 Å². The number of hydrogen-bond donors (Lipinski definition) is 0. The Bertz CT molecular complexity index is 701. The first-order chi connectivity index (χ1) is 9.90. The van der Waals surface area contributed by atoms with Crippen LogP contribution in [0.15, 0.2) is 32.8 Å². The van der Waals surface area contributed by atoms with Crippen LogP contribution in [0, 0.1) is 0 Å². The standard InChI is InChI=1S/C12H11N5OS2/c1-2-9(1)17-7-13-15-12(17)20-6-10-14-11(18-16-10)8-3-4-19-5-8/h3-5,7,9H,1-2,6H2. The van der Waals surface area contributed by atoms with Gasteiger partial charge in [0.25, 0.3) is 5.89 Å². The summed E-state index contributed by atoms with van der Waals surface area (Å²) in [6, 6.07) is 2.55. The van der Waals surface area contributed by atoms with Crippen molar-refractivity contribution in [1.82, 2.24) is 24.9 Å². The second-order valence-corrected chi connectivity index (χ2v) is 6.29. The quantitative estimate of drug-likeness (QED) is 0.675. The van der Waals surface area contributed by atoms with Crippen LogP contribution in [0.4, 0.5) is 0 Å². The maximum Gasteiger partial charge on any atom is 0.258 e. The Hall–Kier alpha value is -1.67. The van der Waals surface area contributed by atoms with Crippen molar-refractivity contribution in [3.8, 4) is 11.5 Å². The van der Waals surface area contributed by atoms with Crippen LogP contribution < -0.4 is 0 Å². The summed E-state index contributed by atoms with van der Waals surface area (Å²) in [6.07, 6.45) is 4.24. The number of rotatable bonds is 5. The summed E-state index contributed by atoms with van der Waals surface area (Å²) in [6.45, 7) is 0. The molecule has 8 heteroatoms. The number of aromatic nitrogens is 5. The molecule has 0 atom stereocenters. The van der Waals surface area contributed by atoms with Crippen molar-refractivity contribution in [1.29, 1.82) is 0 Å². The Balaban J connectivity index is 1.45. The van der Waals surface area contributed by atoms with Crippen molar-refractivity contribution >= 4 is 23.1 Å². The molecule has 0 spiro atoms. The fraction of sp³-hybridized carbons (Fsp3) is 0.333. The largest absolute Gasteiger partial charge is 0.334 e. The van der Waals surface area contributed by atoms with E-state index in [1.165, 1.54) is 12.8 Å². The molecule has 0 amide bonds. The molecule has 20 heavy (non-hydrogen) atoms. The number of thioether (sulfide) groups is 1. The predicted octanol–water partition coefficient (Wildman–Crippen LogP) is 3.02. The minimum Gasteiger partial charge on any atom is -0.334 e. The van der Waals surface area contributed by atoms with E-state index in [0.717, 1.165) is 10.7 Å². The van der Waals surface area contributed by atoms with Gasteiger partial charge in [-0.2, -0.15) is 16.3 Å². The average molecular weight is 305 g/mol. The van der Waals surface area contributed by atoms with Gasteiger partial charge in [0.05, 0.1) is 11.3 Å². The van der Waals surface area contributed by atoms with Gasteiger partial charge in [0, 0.05) is 11.4 Å². The van der Waals surface area contributed by atoms with Crippen LogP contribution >= 0.6 is 23.1 Å². The van der Waals surface area contributed by atoms with E-state index in [2.05, 4.69) is 24.9 Å². The molecule has 1 aliphatic rings. The van der Waals surface area contributed by atoms with Gasteiger partial charge in [0.15, 0.2) is 11.0 Å². The van der Waals surface area contributed by atoms with E-state index < -0.39 is 0 Å². The maximum atomic E-state index is 5.26. The van der Waals surface area contributed by atoms with E-state index in [-0.39, 0.29) is 0 Å². The molecule has 4 rings (SSSR count). The molecular formula is C12H11N5OS2. The molecule has 6 nitrogen and oxygen atoms in total. The normalized spacial score (nSPS) is 14.8. The fourth-order valence-electron chi connectivity index (χ4n) is 1.88. The number of thiophene rings is 1.